The molecule has 1 aromatic rings. The van der Waals surface area contributed by atoms with Crippen molar-refractivity contribution in [2.75, 3.05) is 0 Å². The van der Waals surface area contributed by atoms with E-state index in [0.29, 0.717) is 11.5 Å². The van der Waals surface area contributed by atoms with Gasteiger partial charge in [-0.3, -0.25) is 4.79 Å². The zero-order valence-corrected chi connectivity index (χ0v) is 11.0. The van der Waals surface area contributed by atoms with Gasteiger partial charge in [-0.1, -0.05) is 26.0 Å². The van der Waals surface area contributed by atoms with Crippen molar-refractivity contribution in [3.63, 3.8) is 0 Å². The summed E-state index contributed by atoms with van der Waals surface area (Å²) in [4.78, 5) is 22.4. The molecule has 1 aromatic carbocycles. The van der Waals surface area contributed by atoms with Gasteiger partial charge >= 0.3 is 5.97 Å². The molecule has 0 fully saturated rings. The molecule has 0 saturated heterocycles. The minimum atomic E-state index is -0.909. The summed E-state index contributed by atoms with van der Waals surface area (Å²) in [5.41, 5.74) is 6.62. The molecule has 1 rings (SSSR count). The third-order valence-electron chi connectivity index (χ3n) is 2.52. The van der Waals surface area contributed by atoms with E-state index in [2.05, 4.69) is 13.8 Å². The van der Waals surface area contributed by atoms with Crippen LogP contribution in [-0.2, 0) is 16.0 Å². The number of amides is 1. The molecule has 0 spiro atoms. The minimum Gasteiger partial charge on any atom is -0.449 e. The summed E-state index contributed by atoms with van der Waals surface area (Å²) in [6.45, 7) is 5.72. The standard InChI is InChI=1S/C14H19NO3/c1-9(2)8-11-4-6-12(7-5-11)14(17)18-10(3)13(15)16/h4-7,9-10H,8H2,1-3H3,(H2,15,16)/t10-/m0/s1. The van der Waals surface area contributed by atoms with E-state index in [-0.39, 0.29) is 0 Å². The van der Waals surface area contributed by atoms with E-state index >= 15 is 0 Å². The Morgan fingerprint density at radius 1 is 1.17 bits per heavy atom. The molecule has 1 atom stereocenters. The second-order valence-electron chi connectivity index (χ2n) is 4.74. The minimum absolute atomic E-state index is 0.426. The maximum atomic E-state index is 11.7. The number of primary amides is 1. The van der Waals surface area contributed by atoms with Crippen LogP contribution >= 0.6 is 0 Å². The van der Waals surface area contributed by atoms with Gasteiger partial charge in [-0.2, -0.15) is 0 Å². The molecule has 0 saturated carbocycles. The maximum Gasteiger partial charge on any atom is 0.338 e. The monoisotopic (exact) mass is 249 g/mol. The summed E-state index contributed by atoms with van der Waals surface area (Å²) >= 11 is 0. The molecule has 0 aliphatic rings. The van der Waals surface area contributed by atoms with Crippen LogP contribution in [0.25, 0.3) is 0 Å². The molecule has 0 unspecified atom stereocenters. The Labute approximate surface area is 107 Å². The molecule has 0 aliphatic carbocycles. The van der Waals surface area contributed by atoms with E-state index in [1.54, 1.807) is 12.1 Å². The zero-order valence-electron chi connectivity index (χ0n) is 11.0. The number of rotatable bonds is 5. The topological polar surface area (TPSA) is 69.4 Å². The van der Waals surface area contributed by atoms with Crippen LogP contribution in [0.4, 0.5) is 0 Å². The second-order valence-corrected chi connectivity index (χ2v) is 4.74. The molecule has 1 amide bonds. The first-order valence-electron chi connectivity index (χ1n) is 5.99. The van der Waals surface area contributed by atoms with Crippen LogP contribution < -0.4 is 5.73 Å². The Bertz CT molecular complexity index is 423. The largest absolute Gasteiger partial charge is 0.449 e. The van der Waals surface area contributed by atoms with E-state index in [9.17, 15) is 9.59 Å². The molecule has 0 aliphatic heterocycles. The second kappa shape index (κ2) is 6.19. The molecular formula is C14H19NO3. The molecule has 4 nitrogen and oxygen atoms in total. The van der Waals surface area contributed by atoms with Crippen molar-refractivity contribution in [2.45, 2.75) is 33.3 Å². The number of carbonyl (C=O) groups excluding carboxylic acids is 2. The van der Waals surface area contributed by atoms with Gasteiger partial charge in [-0.25, -0.2) is 4.79 Å². The first-order valence-corrected chi connectivity index (χ1v) is 5.99. The van der Waals surface area contributed by atoms with Gasteiger partial charge in [0.25, 0.3) is 5.91 Å². The van der Waals surface area contributed by atoms with Crippen molar-refractivity contribution < 1.29 is 14.3 Å². The van der Waals surface area contributed by atoms with E-state index in [1.165, 1.54) is 12.5 Å². The Hall–Kier alpha value is -1.84. The first-order chi connectivity index (χ1) is 8.40. The van der Waals surface area contributed by atoms with Crippen LogP contribution in [0.2, 0.25) is 0 Å². The summed E-state index contributed by atoms with van der Waals surface area (Å²) in [7, 11) is 0. The molecule has 0 radical (unpaired) electrons. The maximum absolute atomic E-state index is 11.7. The number of ether oxygens (including phenoxy) is 1. The van der Waals surface area contributed by atoms with Crippen LogP contribution in [0.5, 0.6) is 0 Å². The predicted octanol–water partition coefficient (Wildman–Crippen LogP) is 1.92. The highest BCUT2D eigenvalue weighted by Gasteiger charge is 2.15. The van der Waals surface area contributed by atoms with E-state index < -0.39 is 18.0 Å². The van der Waals surface area contributed by atoms with E-state index in [1.807, 2.05) is 12.1 Å². The molecule has 0 bridgehead atoms. The molecule has 98 valence electrons. The van der Waals surface area contributed by atoms with Crippen LogP contribution in [0.1, 0.15) is 36.7 Å². The molecule has 0 heterocycles. The van der Waals surface area contributed by atoms with Crippen molar-refractivity contribution in [2.24, 2.45) is 11.7 Å². The lowest BCUT2D eigenvalue weighted by Crippen LogP contribution is -2.30. The fourth-order valence-corrected chi connectivity index (χ4v) is 1.53. The summed E-state index contributed by atoms with van der Waals surface area (Å²) in [6, 6.07) is 7.19. The molecule has 18 heavy (non-hydrogen) atoms. The van der Waals surface area contributed by atoms with Crippen LogP contribution in [0.3, 0.4) is 0 Å². The fourth-order valence-electron chi connectivity index (χ4n) is 1.53. The van der Waals surface area contributed by atoms with Gasteiger partial charge in [-0.05, 0) is 37.0 Å². The lowest BCUT2D eigenvalue weighted by Gasteiger charge is -2.10. The van der Waals surface area contributed by atoms with Gasteiger partial charge in [0.15, 0.2) is 6.10 Å². The Morgan fingerprint density at radius 3 is 2.17 bits per heavy atom. The number of hydrogen-bond donors (Lipinski definition) is 1. The van der Waals surface area contributed by atoms with Crippen molar-refractivity contribution in [3.8, 4) is 0 Å². The van der Waals surface area contributed by atoms with Gasteiger partial charge in [0.1, 0.15) is 0 Å². The number of esters is 1. The Kier molecular flexibility index (Phi) is 4.89. The van der Waals surface area contributed by atoms with E-state index in [4.69, 9.17) is 10.5 Å². The molecule has 4 heteroatoms. The van der Waals surface area contributed by atoms with Gasteiger partial charge < -0.3 is 10.5 Å². The lowest BCUT2D eigenvalue weighted by molar-refractivity contribution is -0.125. The highest BCUT2D eigenvalue weighted by Crippen LogP contribution is 2.11. The summed E-state index contributed by atoms with van der Waals surface area (Å²) in [6.07, 6.45) is 0.0559. The van der Waals surface area contributed by atoms with Crippen molar-refractivity contribution in [1.29, 1.82) is 0 Å². The number of carbonyl (C=O) groups is 2. The van der Waals surface area contributed by atoms with Crippen LogP contribution in [0.15, 0.2) is 24.3 Å². The van der Waals surface area contributed by atoms with Gasteiger partial charge in [-0.15, -0.1) is 0 Å². The number of hydrogen-bond acceptors (Lipinski definition) is 3. The highest BCUT2D eigenvalue weighted by molar-refractivity contribution is 5.91. The lowest BCUT2D eigenvalue weighted by atomic mass is 10.0. The third kappa shape index (κ3) is 4.20. The molecule has 0 aromatic heterocycles. The van der Waals surface area contributed by atoms with Crippen molar-refractivity contribution >= 4 is 11.9 Å². The summed E-state index contributed by atoms with van der Waals surface area (Å²) in [5, 5.41) is 0. The quantitative estimate of drug-likeness (QED) is 0.810. The van der Waals surface area contributed by atoms with Gasteiger partial charge in [0.05, 0.1) is 5.56 Å². The predicted molar refractivity (Wildman–Crippen MR) is 69.1 cm³/mol. The first kappa shape index (κ1) is 14.2. The van der Waals surface area contributed by atoms with Gasteiger partial charge in [0.2, 0.25) is 0 Å². The normalized spacial score (nSPS) is 12.2. The van der Waals surface area contributed by atoms with Crippen LogP contribution in [0, 0.1) is 5.92 Å². The average Bonchev–Trinajstić information content (AvgIpc) is 2.28. The molecule has 2 N–H and O–H groups in total. The summed E-state index contributed by atoms with van der Waals surface area (Å²) in [5.74, 6) is -0.616. The SMILES string of the molecule is CC(C)Cc1ccc(C(=O)O[C@@H](C)C(N)=O)cc1. The van der Waals surface area contributed by atoms with Crippen molar-refractivity contribution in [3.05, 3.63) is 35.4 Å². The summed E-state index contributed by atoms with van der Waals surface area (Å²) < 4.78 is 4.91. The van der Waals surface area contributed by atoms with E-state index in [0.717, 1.165) is 6.42 Å². The zero-order chi connectivity index (χ0) is 13.7. The Morgan fingerprint density at radius 2 is 1.72 bits per heavy atom. The number of nitrogens with two attached hydrogens (primary N) is 1. The van der Waals surface area contributed by atoms with Crippen molar-refractivity contribution in [1.82, 2.24) is 0 Å². The fraction of sp³-hybridized carbons (Fsp3) is 0.429. The number of benzene rings is 1. The Balaban J connectivity index is 2.67. The highest BCUT2D eigenvalue weighted by atomic mass is 16.5. The van der Waals surface area contributed by atoms with Gasteiger partial charge in [0, 0.05) is 0 Å². The smallest absolute Gasteiger partial charge is 0.338 e. The van der Waals surface area contributed by atoms with Crippen LogP contribution in [-0.4, -0.2) is 18.0 Å². The third-order valence-corrected chi connectivity index (χ3v) is 2.52. The molecular weight excluding hydrogens is 230 g/mol. The average molecular weight is 249 g/mol.